The van der Waals surface area contributed by atoms with Crippen molar-refractivity contribution in [2.45, 2.75) is 87.7 Å². The molecule has 0 bridgehead atoms. The zero-order chi connectivity index (χ0) is 25.6. The van der Waals surface area contributed by atoms with Gasteiger partial charge in [-0.25, -0.2) is 4.98 Å². The van der Waals surface area contributed by atoms with Crippen molar-refractivity contribution in [3.63, 3.8) is 0 Å². The molecule has 0 spiro atoms. The second-order valence-electron chi connectivity index (χ2n) is 10.2. The summed E-state index contributed by atoms with van der Waals surface area (Å²) in [7, 11) is 0. The number of nitrogens with zero attached hydrogens (tertiary/aromatic N) is 2. The average Bonchev–Trinajstić information content (AvgIpc) is 3.63. The van der Waals surface area contributed by atoms with Gasteiger partial charge >= 0.3 is 0 Å². The van der Waals surface area contributed by atoms with E-state index >= 15 is 0 Å². The summed E-state index contributed by atoms with van der Waals surface area (Å²) in [6, 6.07) is 5.22. The summed E-state index contributed by atoms with van der Waals surface area (Å²) in [5.74, 6) is -0.0809. The minimum Gasteiger partial charge on any atom is -0.376 e. The molecule has 1 aliphatic carbocycles. The number of benzene rings is 1. The molecule has 2 N–H and O–H groups in total. The molecule has 10 heteroatoms. The van der Waals surface area contributed by atoms with Crippen LogP contribution in [0.25, 0.3) is 10.9 Å². The molecule has 2 amide bonds. The lowest BCUT2D eigenvalue weighted by molar-refractivity contribution is -0.119. The second kappa shape index (κ2) is 12.4. The largest absolute Gasteiger partial charge is 0.376 e. The Bertz CT molecular complexity index is 1170. The van der Waals surface area contributed by atoms with E-state index in [4.69, 9.17) is 14.5 Å². The molecule has 5 rings (SSSR count). The van der Waals surface area contributed by atoms with Crippen LogP contribution in [-0.2, 0) is 20.8 Å². The fraction of sp³-hybridized carbons (Fsp3) is 0.630. The zero-order valence-electron chi connectivity index (χ0n) is 21.2. The molecule has 3 fully saturated rings. The van der Waals surface area contributed by atoms with Gasteiger partial charge in [-0.2, -0.15) is 0 Å². The van der Waals surface area contributed by atoms with Crippen molar-refractivity contribution in [2.24, 2.45) is 0 Å². The van der Waals surface area contributed by atoms with Crippen LogP contribution in [0, 0.1) is 0 Å². The van der Waals surface area contributed by atoms with E-state index in [0.717, 1.165) is 58.0 Å². The molecule has 1 saturated carbocycles. The smallest absolute Gasteiger partial charge is 0.262 e. The van der Waals surface area contributed by atoms with Crippen LogP contribution in [0.4, 0.5) is 0 Å². The lowest BCUT2D eigenvalue weighted by Crippen LogP contribution is -2.37. The first-order valence-electron chi connectivity index (χ1n) is 13.5. The lowest BCUT2D eigenvalue weighted by Gasteiger charge is -2.22. The third kappa shape index (κ3) is 6.72. The maximum absolute atomic E-state index is 13.5. The van der Waals surface area contributed by atoms with Crippen molar-refractivity contribution >= 4 is 34.5 Å². The van der Waals surface area contributed by atoms with E-state index in [1.54, 1.807) is 22.8 Å². The van der Waals surface area contributed by atoms with Crippen LogP contribution >= 0.6 is 11.8 Å². The molecule has 0 radical (unpaired) electrons. The fourth-order valence-electron chi connectivity index (χ4n) is 5.37. The predicted molar refractivity (Wildman–Crippen MR) is 142 cm³/mol. The first-order chi connectivity index (χ1) is 18.1. The monoisotopic (exact) mass is 528 g/mol. The Morgan fingerprint density at radius 1 is 1.00 bits per heavy atom. The molecular weight excluding hydrogens is 492 g/mol. The highest BCUT2D eigenvalue weighted by Gasteiger charge is 2.23. The number of amides is 2. The molecule has 200 valence electrons. The van der Waals surface area contributed by atoms with Crippen molar-refractivity contribution in [1.82, 2.24) is 20.2 Å². The predicted octanol–water partition coefficient (Wildman–Crippen LogP) is 3.03. The van der Waals surface area contributed by atoms with Gasteiger partial charge in [0.15, 0.2) is 5.16 Å². The van der Waals surface area contributed by atoms with E-state index < -0.39 is 0 Å². The lowest BCUT2D eigenvalue weighted by atomic mass is 9.95. The number of hydrogen-bond acceptors (Lipinski definition) is 7. The number of ether oxygens (including phenoxy) is 2. The number of carbonyl (C=O) groups is 2. The maximum Gasteiger partial charge on any atom is 0.262 e. The van der Waals surface area contributed by atoms with Crippen molar-refractivity contribution in [2.75, 3.05) is 25.5 Å². The summed E-state index contributed by atoms with van der Waals surface area (Å²) in [6.07, 6.45) is 9.38. The van der Waals surface area contributed by atoms with E-state index in [2.05, 4.69) is 10.6 Å². The Kier molecular flexibility index (Phi) is 8.78. The number of fused-ring (bicyclic) bond motifs is 1. The van der Waals surface area contributed by atoms with Gasteiger partial charge in [0.05, 0.1) is 35.4 Å². The van der Waals surface area contributed by atoms with E-state index in [9.17, 15) is 14.4 Å². The van der Waals surface area contributed by atoms with Crippen molar-refractivity contribution < 1.29 is 19.1 Å². The highest BCUT2D eigenvalue weighted by molar-refractivity contribution is 7.99. The minimum atomic E-state index is -0.219. The Morgan fingerprint density at radius 2 is 1.76 bits per heavy atom. The number of carbonyl (C=O) groups excluding carboxylic acids is 2. The number of thioether (sulfide) groups is 1. The van der Waals surface area contributed by atoms with E-state index in [-0.39, 0.29) is 41.4 Å². The van der Waals surface area contributed by atoms with Crippen LogP contribution in [0.2, 0.25) is 0 Å². The number of hydrogen-bond donors (Lipinski definition) is 2. The number of nitrogens with one attached hydrogen (secondary N) is 2. The molecule has 1 aromatic carbocycles. The topological polar surface area (TPSA) is 112 Å². The quantitative estimate of drug-likeness (QED) is 0.380. The summed E-state index contributed by atoms with van der Waals surface area (Å²) in [4.78, 5) is 43.7. The van der Waals surface area contributed by atoms with Crippen LogP contribution < -0.4 is 16.2 Å². The van der Waals surface area contributed by atoms with Crippen LogP contribution in [0.3, 0.4) is 0 Å². The van der Waals surface area contributed by atoms with Gasteiger partial charge in [0.1, 0.15) is 0 Å². The summed E-state index contributed by atoms with van der Waals surface area (Å²) in [6.45, 7) is 2.29. The van der Waals surface area contributed by atoms with Crippen molar-refractivity contribution in [1.29, 1.82) is 0 Å². The summed E-state index contributed by atoms with van der Waals surface area (Å²) >= 11 is 1.26. The molecule has 9 nitrogen and oxygen atoms in total. The third-order valence-corrected chi connectivity index (χ3v) is 8.39. The van der Waals surface area contributed by atoms with Gasteiger partial charge in [0.2, 0.25) is 5.91 Å². The minimum absolute atomic E-state index is 0.0443. The Morgan fingerprint density at radius 3 is 2.49 bits per heavy atom. The van der Waals surface area contributed by atoms with Gasteiger partial charge in [-0.05, 0) is 56.7 Å². The van der Waals surface area contributed by atoms with Gasteiger partial charge in [0, 0.05) is 31.4 Å². The molecule has 2 saturated heterocycles. The van der Waals surface area contributed by atoms with Crippen molar-refractivity contribution in [3.05, 3.63) is 34.1 Å². The Hall–Kier alpha value is -2.43. The van der Waals surface area contributed by atoms with E-state index in [0.29, 0.717) is 41.3 Å². The summed E-state index contributed by atoms with van der Waals surface area (Å²) in [5.41, 5.74) is 0.718. The average molecular weight is 529 g/mol. The van der Waals surface area contributed by atoms with Crippen LogP contribution in [0.5, 0.6) is 0 Å². The van der Waals surface area contributed by atoms with Crippen molar-refractivity contribution in [3.8, 4) is 0 Å². The molecule has 37 heavy (non-hydrogen) atoms. The standard InChI is InChI=1S/C27H36N4O5S/c32-24(29-19-6-2-1-3-7-19)17-37-27-30-23-14-18(25(33)28-15-20-8-4-12-35-20)10-11-22(23)26(34)31(27)16-21-9-5-13-36-21/h10-11,14,19-21H,1-9,12-13,15-17H2,(H,28,33)(H,29,32). The van der Waals surface area contributed by atoms with Gasteiger partial charge in [-0.3, -0.25) is 19.0 Å². The molecule has 2 unspecified atom stereocenters. The highest BCUT2D eigenvalue weighted by atomic mass is 32.2. The highest BCUT2D eigenvalue weighted by Crippen LogP contribution is 2.23. The molecule has 3 aliphatic rings. The number of rotatable bonds is 9. The molecule has 2 atom stereocenters. The van der Waals surface area contributed by atoms with Gasteiger partial charge < -0.3 is 20.1 Å². The van der Waals surface area contributed by atoms with Crippen LogP contribution in [0.1, 0.15) is 68.1 Å². The molecule has 3 heterocycles. The van der Waals surface area contributed by atoms with Gasteiger partial charge in [-0.1, -0.05) is 31.0 Å². The first kappa shape index (κ1) is 26.2. The van der Waals surface area contributed by atoms with Gasteiger partial charge in [-0.15, -0.1) is 0 Å². The third-order valence-electron chi connectivity index (χ3n) is 7.41. The number of aromatic nitrogens is 2. The Labute approximate surface area is 221 Å². The fourth-order valence-corrected chi connectivity index (χ4v) is 6.19. The first-order valence-corrected chi connectivity index (χ1v) is 14.5. The second-order valence-corrected chi connectivity index (χ2v) is 11.2. The summed E-state index contributed by atoms with van der Waals surface area (Å²) < 4.78 is 13.0. The molecule has 2 aliphatic heterocycles. The molecule has 1 aromatic heterocycles. The maximum atomic E-state index is 13.5. The van der Waals surface area contributed by atoms with Crippen LogP contribution in [-0.4, -0.2) is 65.1 Å². The van der Waals surface area contributed by atoms with E-state index in [1.807, 2.05) is 0 Å². The van der Waals surface area contributed by atoms with E-state index in [1.165, 1.54) is 18.2 Å². The molecule has 2 aromatic rings. The molecular formula is C27H36N4O5S. The van der Waals surface area contributed by atoms with Gasteiger partial charge in [0.25, 0.3) is 11.5 Å². The SMILES string of the molecule is O=C(CSc1nc2cc(C(=O)NCC3CCCO3)ccc2c(=O)n1CC1CCCO1)NC1CCCCC1. The summed E-state index contributed by atoms with van der Waals surface area (Å²) in [5, 5.41) is 6.98. The normalized spacial score (nSPS) is 22.4. The zero-order valence-corrected chi connectivity index (χ0v) is 22.0. The Balaban J connectivity index is 1.35. The van der Waals surface area contributed by atoms with Crippen LogP contribution in [0.15, 0.2) is 28.2 Å².